The maximum Gasteiger partial charge on any atom is 0.457 e. The van der Waals surface area contributed by atoms with Gasteiger partial charge in [0.2, 0.25) is 0 Å². The first-order chi connectivity index (χ1) is 7.94. The molecule has 0 aromatic carbocycles. The molecule has 0 atom stereocenters. The second-order valence-electron chi connectivity index (χ2n) is 3.16. The predicted octanol–water partition coefficient (Wildman–Crippen LogP) is 4.36. The number of alkyl halides is 13. The summed E-state index contributed by atoms with van der Waals surface area (Å²) in [4.78, 5) is 0. The van der Waals surface area contributed by atoms with Crippen LogP contribution in [-0.2, 0) is 0 Å². The highest BCUT2D eigenvalue weighted by Crippen LogP contribution is 2.59. The first kappa shape index (κ1) is 18.1. The van der Waals surface area contributed by atoms with E-state index in [0.717, 1.165) is 0 Å². The zero-order valence-electron chi connectivity index (χ0n) is 7.99. The average Bonchev–Trinajstić information content (AvgIpc) is 2.11. The SMILES string of the molecule is FC(F)C(F)(C(F)(F)C(F)(F)F)C(F)(F)C(F)(F)F. The van der Waals surface area contributed by atoms with E-state index in [1.807, 2.05) is 0 Å². The lowest BCUT2D eigenvalue weighted by Crippen LogP contribution is -2.71. The van der Waals surface area contributed by atoms with Gasteiger partial charge in [0.05, 0.1) is 0 Å². The van der Waals surface area contributed by atoms with Crippen molar-refractivity contribution in [2.24, 2.45) is 0 Å². The molecular weight excluding hydrogens is 319 g/mol. The lowest BCUT2D eigenvalue weighted by Gasteiger charge is -2.39. The summed E-state index contributed by atoms with van der Waals surface area (Å²) in [6.45, 7) is 0. The van der Waals surface area contributed by atoms with Crippen LogP contribution in [0.5, 0.6) is 0 Å². The Kier molecular flexibility index (Phi) is 4.09. The molecule has 0 heterocycles. The van der Waals surface area contributed by atoms with Crippen LogP contribution in [0.4, 0.5) is 57.1 Å². The predicted molar refractivity (Wildman–Crippen MR) is 31.8 cm³/mol. The van der Waals surface area contributed by atoms with Crippen molar-refractivity contribution in [3.8, 4) is 0 Å². The van der Waals surface area contributed by atoms with E-state index >= 15 is 0 Å². The van der Waals surface area contributed by atoms with Gasteiger partial charge in [-0.2, -0.15) is 43.9 Å². The Morgan fingerprint density at radius 3 is 0.789 bits per heavy atom. The fraction of sp³-hybridized carbons (Fsp3) is 1.00. The standard InChI is InChI=1S/C6HF13/c7-1(8)2(9,3(10,11)5(14,15)16)4(12,13)6(17,18)19/h1H. The van der Waals surface area contributed by atoms with E-state index in [1.165, 1.54) is 0 Å². The third-order valence-corrected chi connectivity index (χ3v) is 1.93. The molecule has 0 nitrogen and oxygen atoms in total. The minimum absolute atomic E-state index is 5.96. The summed E-state index contributed by atoms with van der Waals surface area (Å²) in [5.41, 5.74) is -7.49. The van der Waals surface area contributed by atoms with Crippen molar-refractivity contribution in [3.63, 3.8) is 0 Å². The molecule has 0 saturated heterocycles. The summed E-state index contributed by atoms with van der Waals surface area (Å²) >= 11 is 0. The van der Waals surface area contributed by atoms with Gasteiger partial charge < -0.3 is 0 Å². The molecule has 0 aromatic heterocycles. The summed E-state index contributed by atoms with van der Waals surface area (Å²) in [6.07, 6.45) is -20.7. The summed E-state index contributed by atoms with van der Waals surface area (Å²) in [6, 6.07) is 0. The number of hydrogen-bond acceptors (Lipinski definition) is 0. The second kappa shape index (κ2) is 4.30. The molecular formula is C6HF13. The highest BCUT2D eigenvalue weighted by molar-refractivity contribution is 5.11. The number of hydrogen-bond donors (Lipinski definition) is 0. The fourth-order valence-corrected chi connectivity index (χ4v) is 0.884. The van der Waals surface area contributed by atoms with Crippen molar-refractivity contribution in [1.29, 1.82) is 0 Å². The first-order valence-electron chi connectivity index (χ1n) is 3.80. The first-order valence-corrected chi connectivity index (χ1v) is 3.80. The van der Waals surface area contributed by atoms with Gasteiger partial charge in [-0.15, -0.1) is 0 Å². The maximum absolute atomic E-state index is 12.8. The third-order valence-electron chi connectivity index (χ3n) is 1.93. The molecule has 0 aliphatic heterocycles. The number of rotatable bonds is 3. The molecule has 0 fully saturated rings. The van der Waals surface area contributed by atoms with Gasteiger partial charge in [0.25, 0.3) is 6.43 Å². The monoisotopic (exact) mass is 320 g/mol. The van der Waals surface area contributed by atoms with Gasteiger partial charge in [0, 0.05) is 0 Å². The Morgan fingerprint density at radius 1 is 0.474 bits per heavy atom. The van der Waals surface area contributed by atoms with Crippen LogP contribution in [0.2, 0.25) is 0 Å². The average molecular weight is 320 g/mol. The van der Waals surface area contributed by atoms with Crippen molar-refractivity contribution < 1.29 is 57.1 Å². The van der Waals surface area contributed by atoms with Crippen molar-refractivity contribution in [2.45, 2.75) is 36.3 Å². The molecule has 0 N–H and O–H groups in total. The van der Waals surface area contributed by atoms with Crippen molar-refractivity contribution in [1.82, 2.24) is 0 Å². The van der Waals surface area contributed by atoms with Crippen LogP contribution >= 0.6 is 0 Å². The molecule has 0 bridgehead atoms. The van der Waals surface area contributed by atoms with Crippen LogP contribution in [0.15, 0.2) is 0 Å². The number of halogens is 13. The van der Waals surface area contributed by atoms with Crippen LogP contribution < -0.4 is 0 Å². The van der Waals surface area contributed by atoms with Crippen LogP contribution in [-0.4, -0.2) is 36.3 Å². The lowest BCUT2D eigenvalue weighted by atomic mass is 9.89. The molecule has 13 heteroatoms. The molecule has 0 aliphatic carbocycles. The van der Waals surface area contributed by atoms with Gasteiger partial charge in [0.15, 0.2) is 0 Å². The Morgan fingerprint density at radius 2 is 0.684 bits per heavy atom. The van der Waals surface area contributed by atoms with Crippen LogP contribution in [0, 0.1) is 0 Å². The van der Waals surface area contributed by atoms with E-state index in [1.54, 1.807) is 0 Å². The topological polar surface area (TPSA) is 0 Å². The van der Waals surface area contributed by atoms with E-state index in [9.17, 15) is 57.1 Å². The minimum atomic E-state index is -7.63. The Bertz CT molecular complexity index is 293. The summed E-state index contributed by atoms with van der Waals surface area (Å²) in [7, 11) is 0. The summed E-state index contributed by atoms with van der Waals surface area (Å²) in [5.74, 6) is -15.3. The Labute approximate surface area is 94.7 Å². The van der Waals surface area contributed by atoms with E-state index in [-0.39, 0.29) is 0 Å². The highest BCUT2D eigenvalue weighted by Gasteiger charge is 2.89. The Hall–Kier alpha value is -0.910. The van der Waals surface area contributed by atoms with Crippen LogP contribution in [0.1, 0.15) is 0 Å². The largest absolute Gasteiger partial charge is 0.457 e. The van der Waals surface area contributed by atoms with E-state index in [0.29, 0.717) is 0 Å². The molecule has 0 unspecified atom stereocenters. The summed E-state index contributed by atoms with van der Waals surface area (Å²) in [5, 5.41) is 0. The van der Waals surface area contributed by atoms with E-state index in [4.69, 9.17) is 0 Å². The summed E-state index contributed by atoms with van der Waals surface area (Å²) < 4.78 is 155. The van der Waals surface area contributed by atoms with E-state index in [2.05, 4.69) is 0 Å². The van der Waals surface area contributed by atoms with Gasteiger partial charge in [-0.1, -0.05) is 0 Å². The third kappa shape index (κ3) is 2.30. The highest BCUT2D eigenvalue weighted by atomic mass is 19.4. The normalized spacial score (nSPS) is 16.1. The second-order valence-corrected chi connectivity index (χ2v) is 3.16. The molecule has 0 amide bonds. The van der Waals surface area contributed by atoms with E-state index < -0.39 is 36.3 Å². The zero-order chi connectivity index (χ0) is 16.1. The molecule has 0 rings (SSSR count). The van der Waals surface area contributed by atoms with Crippen molar-refractivity contribution in [3.05, 3.63) is 0 Å². The van der Waals surface area contributed by atoms with Gasteiger partial charge in [-0.3, -0.25) is 0 Å². The molecule has 0 spiro atoms. The van der Waals surface area contributed by atoms with Crippen LogP contribution in [0.25, 0.3) is 0 Å². The molecule has 116 valence electrons. The molecule has 0 saturated carbocycles. The van der Waals surface area contributed by atoms with Gasteiger partial charge in [0.1, 0.15) is 0 Å². The lowest BCUT2D eigenvalue weighted by molar-refractivity contribution is -0.424. The van der Waals surface area contributed by atoms with Gasteiger partial charge >= 0.3 is 29.9 Å². The maximum atomic E-state index is 12.8. The molecule has 0 aromatic rings. The smallest absolute Gasteiger partial charge is 0.223 e. The quantitative estimate of drug-likeness (QED) is 0.678. The fourth-order valence-electron chi connectivity index (χ4n) is 0.884. The van der Waals surface area contributed by atoms with Crippen LogP contribution in [0.3, 0.4) is 0 Å². The van der Waals surface area contributed by atoms with Gasteiger partial charge in [-0.05, 0) is 0 Å². The zero-order valence-corrected chi connectivity index (χ0v) is 7.99. The van der Waals surface area contributed by atoms with Gasteiger partial charge in [-0.25, -0.2) is 13.2 Å². The van der Waals surface area contributed by atoms with Crippen molar-refractivity contribution in [2.75, 3.05) is 0 Å². The molecule has 19 heavy (non-hydrogen) atoms. The minimum Gasteiger partial charge on any atom is -0.223 e. The Balaban J connectivity index is 6.21. The molecule has 0 aliphatic rings. The van der Waals surface area contributed by atoms with Crippen molar-refractivity contribution >= 4 is 0 Å². The molecule has 0 radical (unpaired) electrons.